The third kappa shape index (κ3) is 5.04. The first kappa shape index (κ1) is 24.8. The smallest absolute Gasteiger partial charge is 0.416 e. The highest BCUT2D eigenvalue weighted by Crippen LogP contribution is 2.29. The van der Waals surface area contributed by atoms with Gasteiger partial charge in [-0.15, -0.1) is 0 Å². The Morgan fingerprint density at radius 2 is 1.69 bits per heavy atom. The largest absolute Gasteiger partial charge is 0.497 e. The lowest BCUT2D eigenvalue weighted by Crippen LogP contribution is -2.31. The Labute approximate surface area is 212 Å². The number of fused-ring (bicyclic) bond motifs is 1. The molecule has 0 aliphatic rings. The molecule has 0 bridgehead atoms. The standard InChI is InChI=1S/C27H24ClN3O5/c1-30(2)27(34)36-26-22(16-29-25(33)17-9-12-20(35-3)13-10-17)24(32)21-14-11-18(28)15-23(21)31(26)19-7-5-4-6-8-19/h4-15H,16H2,1-3H3,(H,29,33). The van der Waals surface area contributed by atoms with Crippen molar-refractivity contribution >= 4 is 34.5 Å². The Balaban J connectivity index is 1.87. The van der Waals surface area contributed by atoms with E-state index < -0.39 is 12.0 Å². The number of hydrogen-bond acceptors (Lipinski definition) is 5. The number of amides is 2. The van der Waals surface area contributed by atoms with Crippen molar-refractivity contribution in [3.8, 4) is 17.3 Å². The van der Waals surface area contributed by atoms with Gasteiger partial charge in [-0.2, -0.15) is 0 Å². The molecule has 36 heavy (non-hydrogen) atoms. The van der Waals surface area contributed by atoms with Crippen LogP contribution in [-0.4, -0.2) is 42.7 Å². The van der Waals surface area contributed by atoms with Crippen LogP contribution < -0.4 is 20.2 Å². The second kappa shape index (κ2) is 10.5. The molecule has 0 spiro atoms. The van der Waals surface area contributed by atoms with Gasteiger partial charge in [0.05, 0.1) is 24.7 Å². The SMILES string of the molecule is COc1ccc(C(=O)NCc2c(OC(=O)N(C)C)n(-c3ccccc3)c3cc(Cl)ccc3c2=O)cc1. The summed E-state index contributed by atoms with van der Waals surface area (Å²) in [6, 6.07) is 20.6. The zero-order chi connectivity index (χ0) is 25.8. The van der Waals surface area contributed by atoms with Crippen LogP contribution in [0, 0.1) is 0 Å². The van der Waals surface area contributed by atoms with E-state index in [9.17, 15) is 14.4 Å². The molecule has 0 aliphatic carbocycles. The fourth-order valence-electron chi connectivity index (χ4n) is 3.67. The Hall–Kier alpha value is -4.30. The van der Waals surface area contributed by atoms with Gasteiger partial charge in [-0.3, -0.25) is 14.2 Å². The van der Waals surface area contributed by atoms with E-state index in [1.165, 1.54) is 26.1 Å². The average molecular weight is 506 g/mol. The molecule has 1 aromatic heterocycles. The van der Waals surface area contributed by atoms with Gasteiger partial charge >= 0.3 is 6.09 Å². The average Bonchev–Trinajstić information content (AvgIpc) is 2.88. The minimum Gasteiger partial charge on any atom is -0.497 e. The van der Waals surface area contributed by atoms with Crippen molar-refractivity contribution in [1.82, 2.24) is 14.8 Å². The maximum Gasteiger partial charge on any atom is 0.416 e. The number of pyridine rings is 1. The Kier molecular flexibility index (Phi) is 7.26. The van der Waals surface area contributed by atoms with Crippen molar-refractivity contribution in [2.24, 2.45) is 0 Å². The van der Waals surface area contributed by atoms with Crippen LogP contribution in [0.3, 0.4) is 0 Å². The summed E-state index contributed by atoms with van der Waals surface area (Å²) in [6.45, 7) is -0.175. The predicted molar refractivity (Wildman–Crippen MR) is 138 cm³/mol. The number of halogens is 1. The van der Waals surface area contributed by atoms with Crippen molar-refractivity contribution in [1.29, 1.82) is 0 Å². The quantitative estimate of drug-likeness (QED) is 0.412. The second-order valence-corrected chi connectivity index (χ2v) is 8.56. The van der Waals surface area contributed by atoms with Crippen molar-refractivity contribution in [2.45, 2.75) is 6.54 Å². The molecule has 4 aromatic rings. The van der Waals surface area contributed by atoms with Gasteiger partial charge in [0, 0.05) is 35.8 Å². The summed E-state index contributed by atoms with van der Waals surface area (Å²) in [5.41, 5.74) is 1.23. The highest BCUT2D eigenvalue weighted by molar-refractivity contribution is 6.31. The molecule has 2 amide bonds. The molecule has 0 saturated carbocycles. The molecule has 3 aromatic carbocycles. The molecule has 0 unspecified atom stereocenters. The van der Waals surface area contributed by atoms with Gasteiger partial charge in [-0.1, -0.05) is 29.8 Å². The highest BCUT2D eigenvalue weighted by Gasteiger charge is 2.23. The minimum atomic E-state index is -0.678. The summed E-state index contributed by atoms with van der Waals surface area (Å²) in [7, 11) is 4.61. The normalized spacial score (nSPS) is 10.7. The van der Waals surface area contributed by atoms with Crippen LogP contribution in [0.2, 0.25) is 5.02 Å². The first-order chi connectivity index (χ1) is 17.3. The lowest BCUT2D eigenvalue weighted by atomic mass is 10.1. The molecule has 0 radical (unpaired) electrons. The van der Waals surface area contributed by atoms with E-state index in [-0.39, 0.29) is 23.4 Å². The topological polar surface area (TPSA) is 89.9 Å². The molecule has 0 fully saturated rings. The van der Waals surface area contributed by atoms with Crippen molar-refractivity contribution in [3.05, 3.63) is 99.2 Å². The number of rotatable bonds is 6. The molecule has 0 aliphatic heterocycles. The van der Waals surface area contributed by atoms with Crippen molar-refractivity contribution in [3.63, 3.8) is 0 Å². The summed E-state index contributed by atoms with van der Waals surface area (Å²) < 4.78 is 12.5. The monoisotopic (exact) mass is 505 g/mol. The van der Waals surface area contributed by atoms with Gasteiger partial charge < -0.3 is 19.7 Å². The molecule has 1 N–H and O–H groups in total. The Bertz CT molecular complexity index is 1480. The minimum absolute atomic E-state index is 0.00491. The summed E-state index contributed by atoms with van der Waals surface area (Å²) in [6.07, 6.45) is -0.678. The van der Waals surface area contributed by atoms with E-state index in [1.54, 1.807) is 47.0 Å². The highest BCUT2D eigenvalue weighted by atomic mass is 35.5. The van der Waals surface area contributed by atoms with Crippen LogP contribution in [0.15, 0.2) is 77.6 Å². The van der Waals surface area contributed by atoms with Crippen molar-refractivity contribution < 1.29 is 19.1 Å². The third-order valence-electron chi connectivity index (χ3n) is 5.52. The molecular formula is C27H24ClN3O5. The summed E-state index contributed by atoms with van der Waals surface area (Å²) >= 11 is 6.27. The van der Waals surface area contributed by atoms with Crippen LogP contribution in [0.4, 0.5) is 4.79 Å². The Morgan fingerprint density at radius 3 is 2.33 bits per heavy atom. The zero-order valence-electron chi connectivity index (χ0n) is 19.9. The van der Waals surface area contributed by atoms with Gasteiger partial charge in [0.2, 0.25) is 5.88 Å². The molecule has 0 saturated heterocycles. The molecule has 8 nitrogen and oxygen atoms in total. The molecular weight excluding hydrogens is 482 g/mol. The second-order valence-electron chi connectivity index (χ2n) is 8.12. The summed E-state index contributed by atoms with van der Waals surface area (Å²) in [5.74, 6) is 0.211. The third-order valence-corrected chi connectivity index (χ3v) is 5.76. The molecule has 0 atom stereocenters. The van der Waals surface area contributed by atoms with E-state index in [0.717, 1.165) is 0 Å². The van der Waals surface area contributed by atoms with E-state index >= 15 is 0 Å². The number of aromatic nitrogens is 1. The number of carbonyl (C=O) groups is 2. The van der Waals surface area contributed by atoms with Crippen LogP contribution in [0.25, 0.3) is 16.6 Å². The summed E-state index contributed by atoms with van der Waals surface area (Å²) in [5, 5.41) is 3.54. The number of nitrogens with one attached hydrogen (secondary N) is 1. The molecule has 9 heteroatoms. The number of para-hydroxylation sites is 1. The molecule has 1 heterocycles. The van der Waals surface area contributed by atoms with Crippen LogP contribution in [0.5, 0.6) is 11.6 Å². The first-order valence-electron chi connectivity index (χ1n) is 11.0. The van der Waals surface area contributed by atoms with Crippen LogP contribution in [0.1, 0.15) is 15.9 Å². The van der Waals surface area contributed by atoms with Gasteiger partial charge in [0.25, 0.3) is 5.91 Å². The van der Waals surface area contributed by atoms with Crippen molar-refractivity contribution in [2.75, 3.05) is 21.2 Å². The van der Waals surface area contributed by atoms with E-state index in [4.69, 9.17) is 21.1 Å². The summed E-state index contributed by atoms with van der Waals surface area (Å²) in [4.78, 5) is 40.3. The maximum atomic E-state index is 13.6. The lowest BCUT2D eigenvalue weighted by Gasteiger charge is -2.21. The van der Waals surface area contributed by atoms with E-state index in [0.29, 0.717) is 32.9 Å². The lowest BCUT2D eigenvalue weighted by molar-refractivity contribution is 0.0950. The molecule has 184 valence electrons. The fraction of sp³-hybridized carbons (Fsp3) is 0.148. The van der Waals surface area contributed by atoms with Crippen LogP contribution >= 0.6 is 11.6 Å². The van der Waals surface area contributed by atoms with E-state index in [1.807, 2.05) is 30.3 Å². The number of benzene rings is 3. The van der Waals surface area contributed by atoms with Gasteiger partial charge in [0.1, 0.15) is 5.75 Å². The zero-order valence-corrected chi connectivity index (χ0v) is 20.7. The van der Waals surface area contributed by atoms with Gasteiger partial charge in [-0.05, 0) is 54.6 Å². The maximum absolute atomic E-state index is 13.6. The number of ether oxygens (including phenoxy) is 2. The number of carbonyl (C=O) groups excluding carboxylic acids is 2. The number of nitrogens with zero attached hydrogens (tertiary/aromatic N) is 2. The van der Waals surface area contributed by atoms with E-state index in [2.05, 4.69) is 5.32 Å². The molecule has 4 rings (SSSR count). The number of hydrogen-bond donors (Lipinski definition) is 1. The van der Waals surface area contributed by atoms with Crippen LogP contribution in [-0.2, 0) is 6.54 Å². The fourth-order valence-corrected chi connectivity index (χ4v) is 3.84. The predicted octanol–water partition coefficient (Wildman–Crippen LogP) is 4.64. The number of methoxy groups -OCH3 is 1. The first-order valence-corrected chi connectivity index (χ1v) is 11.4. The Morgan fingerprint density at radius 1 is 1.00 bits per heavy atom. The van der Waals surface area contributed by atoms with Gasteiger partial charge in [0.15, 0.2) is 5.43 Å². The van der Waals surface area contributed by atoms with Gasteiger partial charge in [-0.25, -0.2) is 4.79 Å².